The summed E-state index contributed by atoms with van der Waals surface area (Å²) >= 11 is 3.40. The second-order valence-corrected chi connectivity index (χ2v) is 7.35. The minimum atomic E-state index is -0.500. The molecule has 0 radical (unpaired) electrons. The fourth-order valence-electron chi connectivity index (χ4n) is 2.54. The molecule has 6 nitrogen and oxygen atoms in total. The van der Waals surface area contributed by atoms with Crippen LogP contribution in [0.15, 0.2) is 82.4 Å². The van der Waals surface area contributed by atoms with Gasteiger partial charge in [0, 0.05) is 15.6 Å². The van der Waals surface area contributed by atoms with Crippen molar-refractivity contribution >= 4 is 34.0 Å². The van der Waals surface area contributed by atoms with Crippen molar-refractivity contribution in [1.29, 1.82) is 0 Å². The van der Waals surface area contributed by atoms with E-state index in [9.17, 15) is 14.0 Å². The molecule has 2 N–H and O–H groups in total. The smallest absolute Gasteiger partial charge is 0.259 e. The molecule has 0 saturated carbocycles. The summed E-state index contributed by atoms with van der Waals surface area (Å²) in [5, 5.41) is 6.36. The molecule has 0 unspecified atom stereocenters. The van der Waals surface area contributed by atoms with Crippen LogP contribution in [0, 0.1) is 5.82 Å². The van der Waals surface area contributed by atoms with Crippen molar-refractivity contribution in [2.75, 3.05) is 6.54 Å². The first-order chi connectivity index (χ1) is 15.0. The van der Waals surface area contributed by atoms with Crippen LogP contribution >= 0.6 is 15.9 Å². The van der Waals surface area contributed by atoms with E-state index in [0.29, 0.717) is 17.9 Å². The van der Waals surface area contributed by atoms with Crippen LogP contribution in [0.2, 0.25) is 0 Å². The third-order valence-electron chi connectivity index (χ3n) is 4.14. The molecule has 3 aromatic carbocycles. The zero-order valence-electron chi connectivity index (χ0n) is 16.3. The first-order valence-electron chi connectivity index (χ1n) is 9.33. The molecule has 2 amide bonds. The maximum Gasteiger partial charge on any atom is 0.259 e. The lowest BCUT2D eigenvalue weighted by molar-refractivity contribution is -0.120. The number of nitrogens with zero attached hydrogens (tertiary/aromatic N) is 1. The Hall–Kier alpha value is -3.52. The molecule has 0 aliphatic rings. The van der Waals surface area contributed by atoms with Crippen molar-refractivity contribution in [3.63, 3.8) is 0 Å². The Kier molecular flexibility index (Phi) is 7.89. The second-order valence-electron chi connectivity index (χ2n) is 6.44. The molecule has 0 spiro atoms. The average molecular weight is 484 g/mol. The van der Waals surface area contributed by atoms with Gasteiger partial charge in [-0.15, -0.1) is 0 Å². The van der Waals surface area contributed by atoms with Crippen molar-refractivity contribution < 1.29 is 18.7 Å². The highest BCUT2D eigenvalue weighted by molar-refractivity contribution is 9.10. The van der Waals surface area contributed by atoms with E-state index in [-0.39, 0.29) is 12.1 Å². The summed E-state index contributed by atoms with van der Waals surface area (Å²) in [6.45, 7) is 0.120. The van der Waals surface area contributed by atoms with Gasteiger partial charge in [-0.25, -0.2) is 9.82 Å². The van der Waals surface area contributed by atoms with E-state index in [1.54, 1.807) is 0 Å². The van der Waals surface area contributed by atoms with Gasteiger partial charge >= 0.3 is 0 Å². The Morgan fingerprint density at radius 1 is 1.00 bits per heavy atom. The summed E-state index contributed by atoms with van der Waals surface area (Å²) < 4.78 is 19.7. The third-order valence-corrected chi connectivity index (χ3v) is 4.66. The number of ether oxygens (including phenoxy) is 1. The molecule has 0 saturated heterocycles. The number of amides is 2. The Balaban J connectivity index is 1.49. The van der Waals surface area contributed by atoms with Gasteiger partial charge in [0.25, 0.3) is 11.8 Å². The van der Waals surface area contributed by atoms with E-state index < -0.39 is 17.6 Å². The van der Waals surface area contributed by atoms with Crippen LogP contribution in [0.25, 0.3) is 0 Å². The van der Waals surface area contributed by atoms with Gasteiger partial charge in [-0.3, -0.25) is 9.59 Å². The van der Waals surface area contributed by atoms with Crippen molar-refractivity contribution in [1.82, 2.24) is 10.7 Å². The number of nitrogens with one attached hydrogen (secondary N) is 2. The van der Waals surface area contributed by atoms with Crippen LogP contribution in [0.5, 0.6) is 5.75 Å². The highest BCUT2D eigenvalue weighted by Crippen LogP contribution is 2.18. The summed E-state index contributed by atoms with van der Waals surface area (Å²) in [5.41, 5.74) is 4.31. The summed E-state index contributed by atoms with van der Waals surface area (Å²) in [6, 6.07) is 20.1. The number of para-hydroxylation sites is 1. The van der Waals surface area contributed by atoms with Crippen LogP contribution < -0.4 is 15.5 Å². The van der Waals surface area contributed by atoms with Crippen molar-refractivity contribution in [3.05, 3.63) is 99.8 Å². The van der Waals surface area contributed by atoms with Gasteiger partial charge in [0.15, 0.2) is 0 Å². The van der Waals surface area contributed by atoms with Gasteiger partial charge in [-0.1, -0.05) is 40.2 Å². The molecule has 31 heavy (non-hydrogen) atoms. The summed E-state index contributed by atoms with van der Waals surface area (Å²) in [5.74, 6) is -0.802. The topological polar surface area (TPSA) is 79.8 Å². The minimum absolute atomic E-state index is 0.259. The quantitative estimate of drug-likeness (QED) is 0.374. The van der Waals surface area contributed by atoms with Gasteiger partial charge in [-0.05, 0) is 54.1 Å². The van der Waals surface area contributed by atoms with E-state index in [1.807, 2.05) is 48.5 Å². The molecule has 0 atom stereocenters. The van der Waals surface area contributed by atoms with Gasteiger partial charge in [0.2, 0.25) is 0 Å². The van der Waals surface area contributed by atoms with Gasteiger partial charge < -0.3 is 10.1 Å². The third kappa shape index (κ3) is 7.04. The second kappa shape index (κ2) is 11.0. The van der Waals surface area contributed by atoms with Crippen LogP contribution in [0.4, 0.5) is 4.39 Å². The SMILES string of the molecule is O=C(CNC(=O)c1ccc(F)cc1)N/N=C\c1ccccc1OCc1ccc(Br)cc1. The van der Waals surface area contributed by atoms with Crippen LogP contribution in [-0.2, 0) is 11.4 Å². The van der Waals surface area contributed by atoms with Crippen LogP contribution in [0.3, 0.4) is 0 Å². The van der Waals surface area contributed by atoms with E-state index >= 15 is 0 Å². The number of halogens is 2. The van der Waals surface area contributed by atoms with Crippen molar-refractivity contribution in [3.8, 4) is 5.75 Å². The zero-order chi connectivity index (χ0) is 22.1. The lowest BCUT2D eigenvalue weighted by Crippen LogP contribution is -2.34. The summed E-state index contributed by atoms with van der Waals surface area (Å²) in [7, 11) is 0. The number of benzene rings is 3. The number of rotatable bonds is 8. The monoisotopic (exact) mass is 483 g/mol. The minimum Gasteiger partial charge on any atom is -0.488 e. The molecule has 3 rings (SSSR count). The highest BCUT2D eigenvalue weighted by Gasteiger charge is 2.08. The standard InChI is InChI=1S/C23H19BrFN3O3/c24-19-9-5-16(6-10-19)15-31-21-4-2-1-3-18(21)13-27-28-22(29)14-26-23(30)17-7-11-20(25)12-8-17/h1-13H,14-15H2,(H,26,30)(H,28,29)/b27-13-. The zero-order valence-corrected chi connectivity index (χ0v) is 17.9. The fraction of sp³-hybridized carbons (Fsp3) is 0.0870. The number of carbonyl (C=O) groups excluding carboxylic acids is 2. The maximum atomic E-state index is 12.9. The number of hydrogen-bond donors (Lipinski definition) is 2. The molecule has 0 aromatic heterocycles. The molecule has 0 fully saturated rings. The van der Waals surface area contributed by atoms with Crippen LogP contribution in [-0.4, -0.2) is 24.6 Å². The van der Waals surface area contributed by atoms with E-state index in [2.05, 4.69) is 31.8 Å². The predicted molar refractivity (Wildman–Crippen MR) is 119 cm³/mol. The number of carbonyl (C=O) groups is 2. The lowest BCUT2D eigenvalue weighted by Gasteiger charge is -2.09. The van der Waals surface area contributed by atoms with Gasteiger partial charge in [0.1, 0.15) is 18.2 Å². The lowest BCUT2D eigenvalue weighted by atomic mass is 10.2. The predicted octanol–water partition coefficient (Wildman–Crippen LogP) is 4.05. The number of hydrogen-bond acceptors (Lipinski definition) is 4. The Bertz CT molecular complexity index is 1070. The molecule has 8 heteroatoms. The Morgan fingerprint density at radius 2 is 1.71 bits per heavy atom. The molecule has 158 valence electrons. The highest BCUT2D eigenvalue weighted by atomic mass is 79.9. The fourth-order valence-corrected chi connectivity index (χ4v) is 2.80. The van der Waals surface area contributed by atoms with Gasteiger partial charge in [0.05, 0.1) is 12.8 Å². The number of hydrazone groups is 1. The van der Waals surface area contributed by atoms with Crippen molar-refractivity contribution in [2.24, 2.45) is 5.10 Å². The molecular formula is C23H19BrFN3O3. The maximum absolute atomic E-state index is 12.9. The largest absolute Gasteiger partial charge is 0.488 e. The molecule has 0 aliphatic heterocycles. The molecule has 3 aromatic rings. The molecule has 0 heterocycles. The molecule has 0 bridgehead atoms. The van der Waals surface area contributed by atoms with E-state index in [1.165, 1.54) is 30.5 Å². The van der Waals surface area contributed by atoms with Crippen LogP contribution in [0.1, 0.15) is 21.5 Å². The van der Waals surface area contributed by atoms with E-state index in [4.69, 9.17) is 4.74 Å². The average Bonchev–Trinajstić information content (AvgIpc) is 2.78. The first kappa shape index (κ1) is 22.2. The van der Waals surface area contributed by atoms with Crippen molar-refractivity contribution in [2.45, 2.75) is 6.61 Å². The first-order valence-corrected chi connectivity index (χ1v) is 10.1. The normalized spacial score (nSPS) is 10.6. The Labute approximate surface area is 187 Å². The van der Waals surface area contributed by atoms with Gasteiger partial charge in [-0.2, -0.15) is 5.10 Å². The molecule has 0 aliphatic carbocycles. The summed E-state index contributed by atoms with van der Waals surface area (Å²) in [4.78, 5) is 23.8. The Morgan fingerprint density at radius 3 is 2.45 bits per heavy atom. The summed E-state index contributed by atoms with van der Waals surface area (Å²) in [6.07, 6.45) is 1.47. The van der Waals surface area contributed by atoms with E-state index in [0.717, 1.165) is 10.0 Å². The molecular weight excluding hydrogens is 465 g/mol.